The van der Waals surface area contributed by atoms with Crippen LogP contribution >= 0.6 is 0 Å². The lowest BCUT2D eigenvalue weighted by Gasteiger charge is -2.06. The number of ketones is 1. The molecule has 0 aliphatic heterocycles. The van der Waals surface area contributed by atoms with Gasteiger partial charge in [0.2, 0.25) is 0 Å². The van der Waals surface area contributed by atoms with E-state index in [1.54, 1.807) is 0 Å². The van der Waals surface area contributed by atoms with E-state index < -0.39 is 18.2 Å². The Hall–Kier alpha value is -1.52. The molecule has 0 saturated heterocycles. The van der Waals surface area contributed by atoms with E-state index in [0.29, 0.717) is 5.56 Å². The van der Waals surface area contributed by atoms with E-state index in [1.807, 2.05) is 0 Å². The molecule has 0 N–H and O–H groups in total. The van der Waals surface area contributed by atoms with Gasteiger partial charge in [-0.2, -0.15) is 8.78 Å². The monoisotopic (exact) mass is 218 g/mol. The predicted molar refractivity (Wildman–Crippen MR) is 47.4 cm³/mol. The van der Waals surface area contributed by atoms with Gasteiger partial charge in [0.25, 0.3) is 0 Å². The second-order valence-corrected chi connectivity index (χ2v) is 3.02. The second kappa shape index (κ2) is 4.82. The lowest BCUT2D eigenvalue weighted by molar-refractivity contribution is -0.116. The zero-order valence-electron chi connectivity index (χ0n) is 7.97. The molecule has 0 unspecified atom stereocenters. The molecule has 0 aliphatic rings. The van der Waals surface area contributed by atoms with Crippen LogP contribution in [0.4, 0.5) is 13.2 Å². The third-order valence-corrected chi connectivity index (χ3v) is 1.67. The summed E-state index contributed by atoms with van der Waals surface area (Å²) in [7, 11) is 0. The minimum absolute atomic E-state index is 0.0753. The number of rotatable bonds is 4. The molecule has 1 aromatic rings. The van der Waals surface area contributed by atoms with E-state index in [-0.39, 0.29) is 12.2 Å². The molecule has 0 spiro atoms. The van der Waals surface area contributed by atoms with E-state index in [1.165, 1.54) is 13.0 Å². The Balaban J connectivity index is 2.83. The van der Waals surface area contributed by atoms with Crippen LogP contribution in [0.1, 0.15) is 12.5 Å². The zero-order valence-corrected chi connectivity index (χ0v) is 7.97. The molecule has 0 heterocycles. The van der Waals surface area contributed by atoms with E-state index in [9.17, 15) is 18.0 Å². The van der Waals surface area contributed by atoms with Crippen LogP contribution in [0.2, 0.25) is 0 Å². The minimum Gasteiger partial charge on any atom is -0.432 e. The lowest BCUT2D eigenvalue weighted by Crippen LogP contribution is -2.04. The number of hydrogen-bond acceptors (Lipinski definition) is 2. The standard InChI is InChI=1S/C10H9F3O2/c1-6(14)4-7-2-3-9(8(11)5-7)15-10(12)13/h2-3,5,10H,4H2,1H3. The van der Waals surface area contributed by atoms with E-state index >= 15 is 0 Å². The number of hydrogen-bond donors (Lipinski definition) is 0. The van der Waals surface area contributed by atoms with E-state index in [0.717, 1.165) is 12.1 Å². The van der Waals surface area contributed by atoms with Crippen LogP contribution in [0.5, 0.6) is 5.75 Å². The Labute approximate surface area is 84.7 Å². The molecular formula is C10H9F3O2. The SMILES string of the molecule is CC(=O)Cc1ccc(OC(F)F)c(F)c1. The van der Waals surface area contributed by atoms with Crippen LogP contribution in [0.25, 0.3) is 0 Å². The topological polar surface area (TPSA) is 26.3 Å². The molecule has 0 amide bonds. The highest BCUT2D eigenvalue weighted by Crippen LogP contribution is 2.20. The number of ether oxygens (including phenoxy) is 1. The molecule has 0 fully saturated rings. The van der Waals surface area contributed by atoms with Gasteiger partial charge in [-0.05, 0) is 24.6 Å². The lowest BCUT2D eigenvalue weighted by atomic mass is 10.1. The van der Waals surface area contributed by atoms with Crippen LogP contribution in [0.15, 0.2) is 18.2 Å². The molecule has 0 atom stereocenters. The highest BCUT2D eigenvalue weighted by atomic mass is 19.3. The van der Waals surface area contributed by atoms with Gasteiger partial charge in [-0.25, -0.2) is 4.39 Å². The number of benzene rings is 1. The smallest absolute Gasteiger partial charge is 0.387 e. The molecule has 0 aliphatic carbocycles. The molecule has 0 saturated carbocycles. The first-order valence-corrected chi connectivity index (χ1v) is 4.21. The molecule has 1 rings (SSSR count). The van der Waals surface area contributed by atoms with Gasteiger partial charge in [-0.1, -0.05) is 6.07 Å². The summed E-state index contributed by atoms with van der Waals surface area (Å²) in [5.74, 6) is -1.54. The molecular weight excluding hydrogens is 209 g/mol. The fourth-order valence-electron chi connectivity index (χ4n) is 1.13. The Morgan fingerprint density at radius 3 is 2.60 bits per heavy atom. The van der Waals surface area contributed by atoms with Gasteiger partial charge in [-0.3, -0.25) is 4.79 Å². The van der Waals surface area contributed by atoms with Gasteiger partial charge in [0, 0.05) is 6.42 Å². The van der Waals surface area contributed by atoms with Gasteiger partial charge in [0.15, 0.2) is 11.6 Å². The van der Waals surface area contributed by atoms with E-state index in [4.69, 9.17) is 0 Å². The molecule has 5 heteroatoms. The number of carbonyl (C=O) groups excluding carboxylic acids is 1. The maximum absolute atomic E-state index is 13.1. The first kappa shape index (κ1) is 11.6. The molecule has 0 bridgehead atoms. The van der Waals surface area contributed by atoms with Gasteiger partial charge in [-0.15, -0.1) is 0 Å². The third kappa shape index (κ3) is 3.61. The average molecular weight is 218 g/mol. The molecule has 0 aromatic heterocycles. The largest absolute Gasteiger partial charge is 0.432 e. The van der Waals surface area contributed by atoms with Gasteiger partial charge < -0.3 is 4.74 Å². The summed E-state index contributed by atoms with van der Waals surface area (Å²) in [5.41, 5.74) is 0.432. The summed E-state index contributed by atoms with van der Waals surface area (Å²) in [6.07, 6.45) is 0.0753. The zero-order chi connectivity index (χ0) is 11.4. The van der Waals surface area contributed by atoms with Crippen molar-refractivity contribution in [3.63, 3.8) is 0 Å². The van der Waals surface area contributed by atoms with Crippen LogP contribution in [0, 0.1) is 5.82 Å². The number of halogens is 3. The molecule has 1 aromatic carbocycles. The Kier molecular flexibility index (Phi) is 3.71. The van der Waals surface area contributed by atoms with Crippen molar-refractivity contribution in [2.45, 2.75) is 20.0 Å². The maximum atomic E-state index is 13.1. The van der Waals surface area contributed by atoms with E-state index in [2.05, 4.69) is 4.74 Å². The Bertz CT molecular complexity index is 364. The average Bonchev–Trinajstić information content (AvgIpc) is 2.08. The summed E-state index contributed by atoms with van der Waals surface area (Å²) < 4.78 is 40.5. The van der Waals surface area contributed by atoms with Crippen molar-refractivity contribution in [2.24, 2.45) is 0 Å². The first-order valence-electron chi connectivity index (χ1n) is 4.21. The summed E-state index contributed by atoms with van der Waals surface area (Å²) in [5, 5.41) is 0. The van der Waals surface area contributed by atoms with Crippen molar-refractivity contribution < 1.29 is 22.7 Å². The van der Waals surface area contributed by atoms with Crippen molar-refractivity contribution >= 4 is 5.78 Å². The van der Waals surface area contributed by atoms with Crippen LogP contribution < -0.4 is 4.74 Å². The van der Waals surface area contributed by atoms with Gasteiger partial charge in [0.1, 0.15) is 5.78 Å². The quantitative estimate of drug-likeness (QED) is 0.776. The van der Waals surface area contributed by atoms with Crippen LogP contribution in [-0.4, -0.2) is 12.4 Å². The summed E-state index contributed by atoms with van der Waals surface area (Å²) >= 11 is 0. The summed E-state index contributed by atoms with van der Waals surface area (Å²) in [4.78, 5) is 10.7. The molecule has 0 radical (unpaired) electrons. The molecule has 82 valence electrons. The number of carbonyl (C=O) groups is 1. The van der Waals surface area contributed by atoms with Gasteiger partial charge in [0.05, 0.1) is 0 Å². The highest BCUT2D eigenvalue weighted by molar-refractivity contribution is 5.78. The highest BCUT2D eigenvalue weighted by Gasteiger charge is 2.10. The number of alkyl halides is 2. The maximum Gasteiger partial charge on any atom is 0.387 e. The Morgan fingerprint density at radius 1 is 1.47 bits per heavy atom. The molecule has 15 heavy (non-hydrogen) atoms. The first-order chi connectivity index (χ1) is 6.99. The fraction of sp³-hybridized carbons (Fsp3) is 0.300. The van der Waals surface area contributed by atoms with Crippen molar-refractivity contribution in [3.8, 4) is 5.75 Å². The van der Waals surface area contributed by atoms with Crippen molar-refractivity contribution in [1.82, 2.24) is 0 Å². The third-order valence-electron chi connectivity index (χ3n) is 1.67. The Morgan fingerprint density at radius 2 is 2.13 bits per heavy atom. The fourth-order valence-corrected chi connectivity index (χ4v) is 1.13. The predicted octanol–water partition coefficient (Wildman–Crippen LogP) is 2.56. The summed E-state index contributed by atoms with van der Waals surface area (Å²) in [6, 6.07) is 3.47. The van der Waals surface area contributed by atoms with Crippen molar-refractivity contribution in [2.75, 3.05) is 0 Å². The molecule has 2 nitrogen and oxygen atoms in total. The van der Waals surface area contributed by atoms with Crippen molar-refractivity contribution in [1.29, 1.82) is 0 Å². The van der Waals surface area contributed by atoms with Crippen LogP contribution in [0.3, 0.4) is 0 Å². The van der Waals surface area contributed by atoms with Gasteiger partial charge >= 0.3 is 6.61 Å². The minimum atomic E-state index is -3.06. The van der Waals surface area contributed by atoms with Crippen LogP contribution in [-0.2, 0) is 11.2 Å². The number of Topliss-reactive ketones (excluding diaryl/α,β-unsaturated/α-hetero) is 1. The second-order valence-electron chi connectivity index (χ2n) is 3.02. The summed E-state index contributed by atoms with van der Waals surface area (Å²) in [6.45, 7) is -1.69. The normalized spacial score (nSPS) is 10.5. The van der Waals surface area contributed by atoms with Crippen molar-refractivity contribution in [3.05, 3.63) is 29.6 Å².